The maximum atomic E-state index is 11.8. The van der Waals surface area contributed by atoms with Crippen LogP contribution in [0.1, 0.15) is 37.8 Å². The number of hydrogen-bond acceptors (Lipinski definition) is 2. The van der Waals surface area contributed by atoms with Crippen molar-refractivity contribution in [3.05, 3.63) is 35.4 Å². The van der Waals surface area contributed by atoms with Crippen molar-refractivity contribution >= 4 is 23.2 Å². The van der Waals surface area contributed by atoms with Crippen LogP contribution in [-0.2, 0) is 11.2 Å². The monoisotopic (exact) mass is 279 g/mol. The Morgan fingerprint density at radius 2 is 1.79 bits per heavy atom. The van der Waals surface area contributed by atoms with E-state index in [9.17, 15) is 4.79 Å². The second-order valence-corrected chi connectivity index (χ2v) is 5.48. The van der Waals surface area contributed by atoms with Crippen LogP contribution in [0, 0.1) is 5.92 Å². The molecule has 0 bridgehead atoms. The molecule has 0 saturated heterocycles. The summed E-state index contributed by atoms with van der Waals surface area (Å²) in [5.74, 6) is 0.209. The first-order chi connectivity index (χ1) is 8.90. The standard InChI is InChI=1S/C14H21N3OS/c1-9(2)8-11-4-6-12(7-5-11)10(3)13(18)16-17-14(15)19/h4-7,9-10H,8H2,1-3H3,(H,16,18)(H3,15,17,19)/t10-/m1/s1. The molecule has 0 aromatic heterocycles. The van der Waals surface area contributed by atoms with Crippen molar-refractivity contribution in [2.75, 3.05) is 0 Å². The Labute approximate surface area is 119 Å². The van der Waals surface area contributed by atoms with E-state index in [0.29, 0.717) is 5.92 Å². The van der Waals surface area contributed by atoms with Gasteiger partial charge in [0.25, 0.3) is 0 Å². The Bertz CT molecular complexity index is 443. The molecule has 0 aliphatic carbocycles. The highest BCUT2D eigenvalue weighted by molar-refractivity contribution is 7.80. The van der Waals surface area contributed by atoms with Gasteiger partial charge in [-0.05, 0) is 42.6 Å². The molecule has 0 fully saturated rings. The molecule has 0 spiro atoms. The van der Waals surface area contributed by atoms with Gasteiger partial charge >= 0.3 is 0 Å². The first-order valence-corrected chi connectivity index (χ1v) is 6.75. The zero-order valence-corrected chi connectivity index (χ0v) is 12.4. The largest absolute Gasteiger partial charge is 0.375 e. The molecule has 104 valence electrons. The molecule has 19 heavy (non-hydrogen) atoms. The second kappa shape index (κ2) is 7.09. The summed E-state index contributed by atoms with van der Waals surface area (Å²) in [6.07, 6.45) is 1.05. The van der Waals surface area contributed by atoms with Crippen LogP contribution in [0.25, 0.3) is 0 Å². The number of hydrogen-bond donors (Lipinski definition) is 3. The Morgan fingerprint density at radius 3 is 2.26 bits per heavy atom. The third-order valence-corrected chi connectivity index (χ3v) is 2.93. The Hall–Kier alpha value is -1.62. The molecular weight excluding hydrogens is 258 g/mol. The normalized spacial score (nSPS) is 12.0. The molecule has 0 radical (unpaired) electrons. The fourth-order valence-corrected chi connectivity index (χ4v) is 1.85. The molecule has 4 N–H and O–H groups in total. The number of carbonyl (C=O) groups is 1. The van der Waals surface area contributed by atoms with Crippen LogP contribution in [0.2, 0.25) is 0 Å². The molecule has 5 heteroatoms. The van der Waals surface area contributed by atoms with E-state index in [1.54, 1.807) is 0 Å². The number of rotatable bonds is 4. The first kappa shape index (κ1) is 15.4. The fourth-order valence-electron chi connectivity index (χ4n) is 1.80. The third kappa shape index (κ3) is 5.26. The number of amides is 1. The zero-order valence-electron chi connectivity index (χ0n) is 11.6. The molecular formula is C14H21N3OS. The predicted molar refractivity (Wildman–Crippen MR) is 81.5 cm³/mol. The Morgan fingerprint density at radius 1 is 1.21 bits per heavy atom. The van der Waals surface area contributed by atoms with E-state index in [4.69, 9.17) is 5.73 Å². The second-order valence-electron chi connectivity index (χ2n) is 5.04. The highest BCUT2D eigenvalue weighted by Crippen LogP contribution is 2.17. The average molecular weight is 279 g/mol. The maximum absolute atomic E-state index is 11.8. The van der Waals surface area contributed by atoms with Crippen molar-refractivity contribution in [2.24, 2.45) is 11.7 Å². The molecule has 0 saturated carbocycles. The number of nitrogens with two attached hydrogens (primary N) is 1. The molecule has 1 rings (SSSR count). The highest BCUT2D eigenvalue weighted by Gasteiger charge is 2.14. The Kier molecular flexibility index (Phi) is 5.76. The van der Waals surface area contributed by atoms with Crippen molar-refractivity contribution in [2.45, 2.75) is 33.1 Å². The summed E-state index contributed by atoms with van der Waals surface area (Å²) in [5, 5.41) is 0.0489. The van der Waals surface area contributed by atoms with E-state index in [2.05, 4.69) is 49.0 Å². The summed E-state index contributed by atoms with van der Waals surface area (Å²) < 4.78 is 0. The summed E-state index contributed by atoms with van der Waals surface area (Å²) in [6.45, 7) is 6.21. The average Bonchev–Trinajstić information content (AvgIpc) is 2.35. The summed E-state index contributed by atoms with van der Waals surface area (Å²) in [6, 6.07) is 8.12. The summed E-state index contributed by atoms with van der Waals surface area (Å²) in [5.41, 5.74) is 12.4. The summed E-state index contributed by atoms with van der Waals surface area (Å²) in [4.78, 5) is 11.8. The van der Waals surface area contributed by atoms with Gasteiger partial charge in [0.05, 0.1) is 5.92 Å². The van der Waals surface area contributed by atoms with Crippen LogP contribution in [0.3, 0.4) is 0 Å². The number of thiocarbonyl (C=S) groups is 1. The topological polar surface area (TPSA) is 67.2 Å². The van der Waals surface area contributed by atoms with E-state index in [-0.39, 0.29) is 16.9 Å². The lowest BCUT2D eigenvalue weighted by molar-refractivity contribution is -0.122. The molecule has 1 aromatic carbocycles. The fraction of sp³-hybridized carbons (Fsp3) is 0.429. The number of benzene rings is 1. The van der Waals surface area contributed by atoms with Crippen molar-refractivity contribution in [3.63, 3.8) is 0 Å². The molecule has 1 aromatic rings. The lowest BCUT2D eigenvalue weighted by Gasteiger charge is -2.14. The van der Waals surface area contributed by atoms with Gasteiger partial charge in [-0.3, -0.25) is 15.6 Å². The van der Waals surface area contributed by atoms with Gasteiger partial charge < -0.3 is 5.73 Å². The molecule has 0 heterocycles. The zero-order chi connectivity index (χ0) is 14.4. The minimum Gasteiger partial charge on any atom is -0.375 e. The van der Waals surface area contributed by atoms with Gasteiger partial charge in [-0.25, -0.2) is 0 Å². The van der Waals surface area contributed by atoms with Crippen molar-refractivity contribution in [3.8, 4) is 0 Å². The summed E-state index contributed by atoms with van der Waals surface area (Å²) in [7, 11) is 0. The third-order valence-electron chi connectivity index (χ3n) is 2.83. The van der Waals surface area contributed by atoms with Crippen LogP contribution in [-0.4, -0.2) is 11.0 Å². The smallest absolute Gasteiger partial charge is 0.245 e. The van der Waals surface area contributed by atoms with E-state index in [0.717, 1.165) is 12.0 Å². The Balaban J connectivity index is 2.64. The van der Waals surface area contributed by atoms with E-state index in [1.807, 2.05) is 19.1 Å². The van der Waals surface area contributed by atoms with Crippen molar-refractivity contribution < 1.29 is 4.79 Å². The molecule has 0 unspecified atom stereocenters. The lowest BCUT2D eigenvalue weighted by Crippen LogP contribution is -2.45. The quantitative estimate of drug-likeness (QED) is 0.581. The molecule has 0 aliphatic rings. The highest BCUT2D eigenvalue weighted by atomic mass is 32.1. The van der Waals surface area contributed by atoms with Crippen LogP contribution >= 0.6 is 12.2 Å². The lowest BCUT2D eigenvalue weighted by atomic mass is 9.96. The first-order valence-electron chi connectivity index (χ1n) is 6.34. The van der Waals surface area contributed by atoms with E-state index < -0.39 is 0 Å². The van der Waals surface area contributed by atoms with Gasteiger partial charge in [-0.2, -0.15) is 0 Å². The molecule has 4 nitrogen and oxygen atoms in total. The predicted octanol–water partition coefficient (Wildman–Crippen LogP) is 1.85. The van der Waals surface area contributed by atoms with Gasteiger partial charge in [0.1, 0.15) is 0 Å². The summed E-state index contributed by atoms with van der Waals surface area (Å²) >= 11 is 4.63. The molecule has 1 amide bonds. The van der Waals surface area contributed by atoms with Gasteiger partial charge in [-0.15, -0.1) is 0 Å². The molecule has 0 aliphatic heterocycles. The number of carbonyl (C=O) groups excluding carboxylic acids is 1. The van der Waals surface area contributed by atoms with Gasteiger partial charge in [0, 0.05) is 0 Å². The van der Waals surface area contributed by atoms with Crippen molar-refractivity contribution in [1.82, 2.24) is 10.9 Å². The molecule has 1 atom stereocenters. The van der Waals surface area contributed by atoms with Gasteiger partial charge in [-0.1, -0.05) is 38.1 Å². The van der Waals surface area contributed by atoms with Crippen molar-refractivity contribution in [1.29, 1.82) is 0 Å². The van der Waals surface area contributed by atoms with E-state index >= 15 is 0 Å². The van der Waals surface area contributed by atoms with Gasteiger partial charge in [0.2, 0.25) is 5.91 Å². The number of nitrogens with one attached hydrogen (secondary N) is 2. The minimum absolute atomic E-state index is 0.0489. The number of hydrazine groups is 1. The van der Waals surface area contributed by atoms with Crippen LogP contribution in [0.4, 0.5) is 0 Å². The van der Waals surface area contributed by atoms with Crippen LogP contribution < -0.4 is 16.6 Å². The maximum Gasteiger partial charge on any atom is 0.245 e. The SMILES string of the molecule is CC(C)Cc1ccc([C@@H](C)C(=O)NNC(N)=S)cc1. The van der Waals surface area contributed by atoms with Gasteiger partial charge in [0.15, 0.2) is 5.11 Å². The van der Waals surface area contributed by atoms with E-state index in [1.165, 1.54) is 5.56 Å². The minimum atomic E-state index is -0.255. The van der Waals surface area contributed by atoms with Crippen LogP contribution in [0.5, 0.6) is 0 Å². The van der Waals surface area contributed by atoms with Crippen LogP contribution in [0.15, 0.2) is 24.3 Å².